The maximum Gasteiger partial charge on any atom is 0.122 e. The van der Waals surface area contributed by atoms with Gasteiger partial charge < -0.3 is 5.73 Å². The van der Waals surface area contributed by atoms with E-state index in [9.17, 15) is 0 Å². The van der Waals surface area contributed by atoms with E-state index in [1.807, 2.05) is 10.7 Å². The first-order valence-corrected chi connectivity index (χ1v) is 6.57. The van der Waals surface area contributed by atoms with E-state index in [2.05, 4.69) is 43.2 Å². The third-order valence-electron chi connectivity index (χ3n) is 3.77. The van der Waals surface area contributed by atoms with Crippen molar-refractivity contribution < 1.29 is 0 Å². The van der Waals surface area contributed by atoms with E-state index in [1.165, 1.54) is 18.4 Å². The quantitative estimate of drug-likeness (QED) is 0.894. The van der Waals surface area contributed by atoms with E-state index in [0.29, 0.717) is 6.04 Å². The van der Waals surface area contributed by atoms with Crippen LogP contribution in [-0.4, -0.2) is 9.78 Å². The molecule has 3 heteroatoms. The van der Waals surface area contributed by atoms with Crippen molar-refractivity contribution in [2.24, 2.45) is 5.92 Å². The zero-order valence-electron chi connectivity index (χ0n) is 10.9. The lowest BCUT2D eigenvalue weighted by Crippen LogP contribution is -2.11. The fourth-order valence-electron chi connectivity index (χ4n) is 2.46. The summed E-state index contributed by atoms with van der Waals surface area (Å²) in [5.41, 5.74) is 9.45. The number of aryl methyl sites for hydroxylation is 1. The Morgan fingerprint density at radius 3 is 2.78 bits per heavy atom. The van der Waals surface area contributed by atoms with Gasteiger partial charge in [0.2, 0.25) is 0 Å². The van der Waals surface area contributed by atoms with Crippen molar-refractivity contribution in [3.05, 3.63) is 35.9 Å². The van der Waals surface area contributed by atoms with Gasteiger partial charge in [-0.15, -0.1) is 0 Å². The molecule has 0 spiro atoms. The molecule has 0 amide bonds. The van der Waals surface area contributed by atoms with Crippen LogP contribution in [0.4, 0.5) is 5.82 Å². The summed E-state index contributed by atoms with van der Waals surface area (Å²) >= 11 is 0. The summed E-state index contributed by atoms with van der Waals surface area (Å²) in [4.78, 5) is 0. The number of anilines is 1. The van der Waals surface area contributed by atoms with Crippen LogP contribution in [0, 0.1) is 12.8 Å². The van der Waals surface area contributed by atoms with Crippen molar-refractivity contribution in [1.29, 1.82) is 0 Å². The van der Waals surface area contributed by atoms with Gasteiger partial charge in [0.25, 0.3) is 0 Å². The van der Waals surface area contributed by atoms with Crippen molar-refractivity contribution in [3.8, 4) is 11.3 Å². The minimum Gasteiger partial charge on any atom is -0.384 e. The summed E-state index contributed by atoms with van der Waals surface area (Å²) in [6.07, 6.45) is 2.61. The van der Waals surface area contributed by atoms with Crippen LogP contribution < -0.4 is 5.73 Å². The maximum absolute atomic E-state index is 6.08. The molecule has 94 valence electrons. The normalized spacial score (nSPS) is 16.8. The number of nitrogen functional groups attached to an aromatic ring is 1. The number of nitrogens with zero attached hydrogens (tertiary/aromatic N) is 2. The Morgan fingerprint density at radius 2 is 2.11 bits per heavy atom. The lowest BCUT2D eigenvalue weighted by molar-refractivity contribution is 0.447. The van der Waals surface area contributed by atoms with Crippen LogP contribution in [0.2, 0.25) is 0 Å². The SMILES string of the molecule is Cc1cccc(-c2cc(N)n(C(C)C3CC3)n2)c1. The average molecular weight is 241 g/mol. The Kier molecular flexibility index (Phi) is 2.62. The minimum absolute atomic E-state index is 0.420. The summed E-state index contributed by atoms with van der Waals surface area (Å²) in [7, 11) is 0. The Hall–Kier alpha value is -1.77. The van der Waals surface area contributed by atoms with E-state index in [4.69, 9.17) is 5.73 Å². The number of hydrogen-bond acceptors (Lipinski definition) is 2. The molecule has 0 bridgehead atoms. The first kappa shape index (κ1) is 11.3. The predicted molar refractivity (Wildman–Crippen MR) is 74.2 cm³/mol. The topological polar surface area (TPSA) is 43.8 Å². The molecule has 1 unspecified atom stereocenters. The highest BCUT2D eigenvalue weighted by Gasteiger charge is 2.30. The molecule has 1 fully saturated rings. The molecule has 3 rings (SSSR count). The molecule has 1 atom stereocenters. The fourth-order valence-corrected chi connectivity index (χ4v) is 2.46. The van der Waals surface area contributed by atoms with E-state index in [-0.39, 0.29) is 0 Å². The zero-order valence-corrected chi connectivity index (χ0v) is 10.9. The highest BCUT2D eigenvalue weighted by Crippen LogP contribution is 2.40. The smallest absolute Gasteiger partial charge is 0.122 e. The number of nitrogens with two attached hydrogens (primary N) is 1. The largest absolute Gasteiger partial charge is 0.384 e. The second-order valence-corrected chi connectivity index (χ2v) is 5.35. The molecule has 0 radical (unpaired) electrons. The molecular formula is C15H19N3. The molecule has 2 aromatic rings. The van der Waals surface area contributed by atoms with Gasteiger partial charge in [-0.3, -0.25) is 0 Å². The van der Waals surface area contributed by atoms with Crippen molar-refractivity contribution >= 4 is 5.82 Å². The summed E-state index contributed by atoms with van der Waals surface area (Å²) in [6.45, 7) is 4.30. The van der Waals surface area contributed by atoms with Crippen LogP contribution in [0.1, 0.15) is 31.4 Å². The van der Waals surface area contributed by atoms with E-state index in [0.717, 1.165) is 23.0 Å². The molecule has 1 aliphatic rings. The van der Waals surface area contributed by atoms with Gasteiger partial charge in [0.05, 0.1) is 11.7 Å². The number of hydrogen-bond donors (Lipinski definition) is 1. The summed E-state index contributed by atoms with van der Waals surface area (Å²) < 4.78 is 1.98. The fraction of sp³-hybridized carbons (Fsp3) is 0.400. The van der Waals surface area contributed by atoms with Gasteiger partial charge in [-0.25, -0.2) is 4.68 Å². The number of aromatic nitrogens is 2. The lowest BCUT2D eigenvalue weighted by Gasteiger charge is -2.12. The molecule has 2 N–H and O–H groups in total. The summed E-state index contributed by atoms with van der Waals surface area (Å²) in [5, 5.41) is 4.67. The van der Waals surface area contributed by atoms with Gasteiger partial charge in [-0.1, -0.05) is 23.8 Å². The molecule has 18 heavy (non-hydrogen) atoms. The molecule has 1 saturated carbocycles. The van der Waals surface area contributed by atoms with E-state index < -0.39 is 0 Å². The van der Waals surface area contributed by atoms with E-state index >= 15 is 0 Å². The van der Waals surface area contributed by atoms with Crippen LogP contribution in [0.15, 0.2) is 30.3 Å². The second-order valence-electron chi connectivity index (χ2n) is 5.35. The van der Waals surface area contributed by atoms with Crippen LogP contribution in [0.5, 0.6) is 0 Å². The molecule has 1 aliphatic carbocycles. The first-order chi connectivity index (χ1) is 8.65. The van der Waals surface area contributed by atoms with Gasteiger partial charge in [0.15, 0.2) is 0 Å². The second kappa shape index (κ2) is 4.16. The minimum atomic E-state index is 0.420. The monoisotopic (exact) mass is 241 g/mol. The van der Waals surface area contributed by atoms with Crippen LogP contribution in [0.25, 0.3) is 11.3 Å². The molecule has 1 aromatic heterocycles. The van der Waals surface area contributed by atoms with Gasteiger partial charge in [-0.05, 0) is 38.7 Å². The Balaban J connectivity index is 1.96. The van der Waals surface area contributed by atoms with Gasteiger partial charge >= 0.3 is 0 Å². The maximum atomic E-state index is 6.08. The first-order valence-electron chi connectivity index (χ1n) is 6.57. The van der Waals surface area contributed by atoms with Gasteiger partial charge in [0, 0.05) is 11.6 Å². The molecule has 3 nitrogen and oxygen atoms in total. The van der Waals surface area contributed by atoms with Crippen LogP contribution >= 0.6 is 0 Å². The van der Waals surface area contributed by atoms with Crippen molar-refractivity contribution in [2.75, 3.05) is 5.73 Å². The molecule has 0 saturated heterocycles. The Morgan fingerprint density at radius 1 is 1.33 bits per heavy atom. The molecular weight excluding hydrogens is 222 g/mol. The Labute approximate surface area is 108 Å². The van der Waals surface area contributed by atoms with Crippen molar-refractivity contribution in [1.82, 2.24) is 9.78 Å². The lowest BCUT2D eigenvalue weighted by atomic mass is 10.1. The van der Waals surface area contributed by atoms with E-state index in [1.54, 1.807) is 0 Å². The summed E-state index contributed by atoms with van der Waals surface area (Å²) in [5.74, 6) is 1.53. The van der Waals surface area contributed by atoms with Gasteiger partial charge in [0.1, 0.15) is 5.82 Å². The van der Waals surface area contributed by atoms with Crippen molar-refractivity contribution in [2.45, 2.75) is 32.7 Å². The standard InChI is InChI=1S/C15H19N3/c1-10-4-3-5-13(8-10)14-9-15(16)18(17-14)11(2)12-6-7-12/h3-5,8-9,11-12H,6-7,16H2,1-2H3. The van der Waals surface area contributed by atoms with Crippen LogP contribution in [-0.2, 0) is 0 Å². The average Bonchev–Trinajstić information content (AvgIpc) is 3.12. The third kappa shape index (κ3) is 2.01. The number of rotatable bonds is 3. The van der Waals surface area contributed by atoms with Gasteiger partial charge in [-0.2, -0.15) is 5.10 Å². The Bertz CT molecular complexity index is 567. The highest BCUT2D eigenvalue weighted by atomic mass is 15.3. The molecule has 1 aromatic carbocycles. The number of benzene rings is 1. The molecule has 0 aliphatic heterocycles. The van der Waals surface area contributed by atoms with Crippen molar-refractivity contribution in [3.63, 3.8) is 0 Å². The predicted octanol–water partition coefficient (Wildman–Crippen LogP) is 3.41. The highest BCUT2D eigenvalue weighted by molar-refractivity contribution is 5.63. The molecule has 1 heterocycles. The summed E-state index contributed by atoms with van der Waals surface area (Å²) in [6, 6.07) is 10.8. The third-order valence-corrected chi connectivity index (χ3v) is 3.77. The van der Waals surface area contributed by atoms with Crippen LogP contribution in [0.3, 0.4) is 0 Å². The zero-order chi connectivity index (χ0) is 12.7.